The summed E-state index contributed by atoms with van der Waals surface area (Å²) in [6, 6.07) is 8.78. The van der Waals surface area contributed by atoms with Crippen molar-refractivity contribution in [2.24, 2.45) is 11.8 Å². The number of hydrogen-bond acceptors (Lipinski definition) is 5. The summed E-state index contributed by atoms with van der Waals surface area (Å²) in [5, 5.41) is 4.92. The number of rotatable bonds is 4. The van der Waals surface area contributed by atoms with Gasteiger partial charge in [-0.25, -0.2) is 4.98 Å². The van der Waals surface area contributed by atoms with Crippen LogP contribution in [-0.4, -0.2) is 29.1 Å². The van der Waals surface area contributed by atoms with Gasteiger partial charge in [0.25, 0.3) is 0 Å². The molecule has 2 fully saturated rings. The van der Waals surface area contributed by atoms with Crippen molar-refractivity contribution in [2.45, 2.75) is 31.6 Å². The van der Waals surface area contributed by atoms with Crippen LogP contribution in [0.2, 0.25) is 0 Å². The van der Waals surface area contributed by atoms with Gasteiger partial charge in [0.15, 0.2) is 0 Å². The van der Waals surface area contributed by atoms with Crippen LogP contribution in [0.3, 0.4) is 0 Å². The molecule has 3 aromatic rings. The molecule has 4 nitrogen and oxygen atoms in total. The number of nitrogens with zero attached hydrogens (tertiary/aromatic N) is 3. The van der Waals surface area contributed by atoms with Gasteiger partial charge in [-0.15, -0.1) is 11.3 Å². The van der Waals surface area contributed by atoms with Crippen molar-refractivity contribution in [1.29, 1.82) is 0 Å². The molecule has 0 unspecified atom stereocenters. The van der Waals surface area contributed by atoms with Crippen LogP contribution < -0.4 is 10.2 Å². The Morgan fingerprint density at radius 2 is 2.07 bits per heavy atom. The first-order valence-electron chi connectivity index (χ1n) is 9.82. The summed E-state index contributed by atoms with van der Waals surface area (Å²) in [5.41, 5.74) is -0.819. The summed E-state index contributed by atoms with van der Waals surface area (Å²) < 4.78 is 40.2. The summed E-state index contributed by atoms with van der Waals surface area (Å²) in [4.78, 5) is 11.3. The summed E-state index contributed by atoms with van der Waals surface area (Å²) in [6.45, 7) is 2.35. The van der Waals surface area contributed by atoms with Crippen LogP contribution in [0.15, 0.2) is 42.7 Å². The highest BCUT2D eigenvalue weighted by atomic mass is 32.1. The van der Waals surface area contributed by atoms with Crippen LogP contribution in [0.5, 0.6) is 0 Å². The fraction of sp³-hybridized carbons (Fsp3) is 0.429. The molecule has 1 N–H and O–H groups in total. The Balaban J connectivity index is 1.25. The third-order valence-electron chi connectivity index (χ3n) is 6.12. The molecule has 0 aromatic carbocycles. The van der Waals surface area contributed by atoms with E-state index in [0.717, 1.165) is 38.5 Å². The molecule has 1 aliphatic heterocycles. The van der Waals surface area contributed by atoms with Crippen LogP contribution in [-0.2, 0) is 12.7 Å². The molecule has 5 rings (SSSR count). The Labute approximate surface area is 170 Å². The van der Waals surface area contributed by atoms with Crippen molar-refractivity contribution in [2.75, 3.05) is 18.0 Å². The Morgan fingerprint density at radius 3 is 2.90 bits per heavy atom. The molecule has 8 heteroatoms. The number of halogens is 3. The van der Waals surface area contributed by atoms with Gasteiger partial charge in [0.1, 0.15) is 11.5 Å². The molecule has 0 spiro atoms. The van der Waals surface area contributed by atoms with E-state index >= 15 is 0 Å². The number of hydrogen-bond donors (Lipinski definition) is 1. The standard InChI is InChI=1S/C21H21F3N4S/c22-21(23,24)19-2-1-3-20(27-19)28-11-14-4-5-17(16(14)12-28)26-9-15-8-13-6-7-25-10-18(13)29-15/h1-3,6-8,10,14,16-17,26H,4-5,9,11-12H2/t14-,16+,17+/m1/s1. The van der Waals surface area contributed by atoms with E-state index < -0.39 is 11.9 Å². The zero-order valence-corrected chi connectivity index (χ0v) is 16.5. The van der Waals surface area contributed by atoms with Crippen LogP contribution >= 0.6 is 11.3 Å². The molecule has 4 heterocycles. The molecule has 29 heavy (non-hydrogen) atoms. The van der Waals surface area contributed by atoms with Gasteiger partial charge >= 0.3 is 6.18 Å². The smallest absolute Gasteiger partial charge is 0.356 e. The summed E-state index contributed by atoms with van der Waals surface area (Å²) in [7, 11) is 0. The normalized spacial score (nSPS) is 24.4. The lowest BCUT2D eigenvalue weighted by Crippen LogP contribution is -2.35. The molecule has 0 radical (unpaired) electrons. The second-order valence-electron chi connectivity index (χ2n) is 7.90. The second kappa shape index (κ2) is 7.25. The molecule has 1 saturated heterocycles. The topological polar surface area (TPSA) is 41.0 Å². The first-order valence-corrected chi connectivity index (χ1v) is 10.6. The number of thiophene rings is 1. The molecule has 1 saturated carbocycles. The number of aromatic nitrogens is 2. The zero-order chi connectivity index (χ0) is 20.0. The summed E-state index contributed by atoms with van der Waals surface area (Å²) in [5.74, 6) is 1.39. The molecule has 3 atom stereocenters. The van der Waals surface area contributed by atoms with Crippen molar-refractivity contribution in [3.8, 4) is 0 Å². The quantitative estimate of drug-likeness (QED) is 0.666. The summed E-state index contributed by atoms with van der Waals surface area (Å²) in [6.07, 6.45) is 1.52. The van der Waals surface area contributed by atoms with Crippen LogP contribution in [0, 0.1) is 11.8 Å². The Bertz CT molecular complexity index is 985. The Hall–Kier alpha value is -2.19. The predicted molar refractivity (Wildman–Crippen MR) is 108 cm³/mol. The highest BCUT2D eigenvalue weighted by Gasteiger charge is 2.43. The Kier molecular flexibility index (Phi) is 4.70. The largest absolute Gasteiger partial charge is 0.433 e. The van der Waals surface area contributed by atoms with E-state index in [1.807, 2.05) is 23.4 Å². The first-order chi connectivity index (χ1) is 14.0. The maximum atomic E-state index is 13.0. The fourth-order valence-electron chi connectivity index (χ4n) is 4.72. The van der Waals surface area contributed by atoms with Crippen molar-refractivity contribution >= 4 is 27.2 Å². The van der Waals surface area contributed by atoms with E-state index in [4.69, 9.17) is 0 Å². The van der Waals surface area contributed by atoms with E-state index in [2.05, 4.69) is 21.4 Å². The third-order valence-corrected chi connectivity index (χ3v) is 7.20. The lowest BCUT2D eigenvalue weighted by atomic mass is 9.98. The van der Waals surface area contributed by atoms with E-state index in [-0.39, 0.29) is 0 Å². The van der Waals surface area contributed by atoms with Gasteiger partial charge in [0.05, 0.1) is 4.70 Å². The van der Waals surface area contributed by atoms with Gasteiger partial charge in [0.2, 0.25) is 0 Å². The van der Waals surface area contributed by atoms with Crippen molar-refractivity contribution in [3.05, 3.63) is 53.3 Å². The maximum Gasteiger partial charge on any atom is 0.433 e. The van der Waals surface area contributed by atoms with Crippen molar-refractivity contribution < 1.29 is 13.2 Å². The number of anilines is 1. The third kappa shape index (κ3) is 3.71. The summed E-state index contributed by atoms with van der Waals surface area (Å²) >= 11 is 1.76. The minimum atomic E-state index is -4.41. The monoisotopic (exact) mass is 418 g/mol. The average molecular weight is 418 g/mol. The highest BCUT2D eigenvalue weighted by molar-refractivity contribution is 7.19. The van der Waals surface area contributed by atoms with Gasteiger partial charge in [0, 0.05) is 42.9 Å². The van der Waals surface area contributed by atoms with Gasteiger partial charge in [-0.2, -0.15) is 13.2 Å². The molecule has 152 valence electrons. The van der Waals surface area contributed by atoms with Crippen molar-refractivity contribution in [1.82, 2.24) is 15.3 Å². The fourth-order valence-corrected chi connectivity index (χ4v) is 5.70. The first kappa shape index (κ1) is 18.8. The molecular weight excluding hydrogens is 397 g/mol. The van der Waals surface area contributed by atoms with Gasteiger partial charge in [-0.05, 0) is 54.3 Å². The van der Waals surface area contributed by atoms with E-state index in [1.165, 1.54) is 21.0 Å². The zero-order valence-electron chi connectivity index (χ0n) is 15.7. The Morgan fingerprint density at radius 1 is 1.17 bits per heavy atom. The number of pyridine rings is 2. The SMILES string of the molecule is FC(F)(F)c1cccc(N2C[C@H]3CC[C@H](NCc4cc5ccncc5s4)[C@H]3C2)n1. The van der Waals surface area contributed by atoms with Gasteiger partial charge in [-0.3, -0.25) is 4.98 Å². The lowest BCUT2D eigenvalue weighted by molar-refractivity contribution is -0.141. The van der Waals surface area contributed by atoms with Crippen LogP contribution in [0.1, 0.15) is 23.4 Å². The molecule has 0 bridgehead atoms. The van der Waals surface area contributed by atoms with Gasteiger partial charge in [-0.1, -0.05) is 6.07 Å². The molecular formula is C21H21F3N4S. The van der Waals surface area contributed by atoms with Crippen LogP contribution in [0.25, 0.3) is 10.1 Å². The van der Waals surface area contributed by atoms with Crippen LogP contribution in [0.4, 0.5) is 19.0 Å². The molecule has 1 aliphatic carbocycles. The van der Waals surface area contributed by atoms with Gasteiger partial charge < -0.3 is 10.2 Å². The van der Waals surface area contributed by atoms with E-state index in [1.54, 1.807) is 17.4 Å². The number of fused-ring (bicyclic) bond motifs is 2. The number of nitrogens with one attached hydrogen (secondary N) is 1. The highest BCUT2D eigenvalue weighted by Crippen LogP contribution is 2.40. The second-order valence-corrected chi connectivity index (χ2v) is 9.07. The number of alkyl halides is 3. The molecule has 2 aliphatic rings. The molecule has 0 amide bonds. The maximum absolute atomic E-state index is 13.0. The lowest BCUT2D eigenvalue weighted by Gasteiger charge is -2.23. The van der Waals surface area contributed by atoms with Crippen molar-refractivity contribution in [3.63, 3.8) is 0 Å². The van der Waals surface area contributed by atoms with E-state index in [0.29, 0.717) is 23.7 Å². The van der Waals surface area contributed by atoms with E-state index in [9.17, 15) is 13.2 Å². The molecule has 3 aromatic heterocycles. The minimum Gasteiger partial charge on any atom is -0.356 e. The minimum absolute atomic E-state index is 0.388. The average Bonchev–Trinajstić information content (AvgIpc) is 3.39. The predicted octanol–water partition coefficient (Wildman–Crippen LogP) is 4.71.